The third-order valence-corrected chi connectivity index (χ3v) is 46.1. The fourth-order valence-electron chi connectivity index (χ4n) is 4.77. The van der Waals surface area contributed by atoms with Gasteiger partial charge in [-0.3, -0.25) is 0 Å². The first-order valence-electron chi connectivity index (χ1n) is 13.6. The van der Waals surface area contributed by atoms with Gasteiger partial charge in [0.2, 0.25) is 0 Å². The van der Waals surface area contributed by atoms with Gasteiger partial charge in [-0.25, -0.2) is 0 Å². The van der Waals surface area contributed by atoms with Crippen LogP contribution in [-0.2, 0) is 1.41 Å². The van der Waals surface area contributed by atoms with E-state index in [4.69, 9.17) is 0 Å². The molecule has 0 heterocycles. The topological polar surface area (TPSA) is 9.23 Å². The minimum absolute atomic E-state index is 0.391. The summed E-state index contributed by atoms with van der Waals surface area (Å²) in [7, 11) is 0. The summed E-state index contributed by atoms with van der Waals surface area (Å²) < 4.78 is 273. The molecule has 0 aliphatic heterocycles. The van der Waals surface area contributed by atoms with Gasteiger partial charge in [-0.1, -0.05) is 0 Å². The van der Waals surface area contributed by atoms with Gasteiger partial charge < -0.3 is 0 Å². The van der Waals surface area contributed by atoms with Crippen molar-refractivity contribution in [3.05, 3.63) is 0 Å². The SMILES string of the molecule is CC(C)[CH2][Sn]([O][Sn]([CH2]C(C)C)([C](F)(F)C(F)(F)C(C)F)[C](F)(F)C(F)(F)C(C)F)([C](F)(F)C(F)(F)C(C)F)[C](F)(F)C(F)(F)C(C)F. The normalized spacial score (nSPS) is 20.6. The molecule has 284 valence electrons. The molecule has 0 bridgehead atoms. The van der Waals surface area contributed by atoms with Crippen LogP contribution < -0.4 is 0 Å². The average Bonchev–Trinajstić information content (AvgIpc) is 2.85. The first kappa shape index (κ1) is 47.2. The van der Waals surface area contributed by atoms with E-state index in [0.717, 1.165) is 0 Å². The fourth-order valence-corrected chi connectivity index (χ4v) is 53.0. The third kappa shape index (κ3) is 7.15. The molecule has 4 atom stereocenters. The summed E-state index contributed by atoms with van der Waals surface area (Å²) in [6.07, 6.45) is -17.9. The predicted octanol–water partition coefficient (Wildman–Crippen LogP) is 10.9. The van der Waals surface area contributed by atoms with Gasteiger partial charge in [-0.05, 0) is 0 Å². The van der Waals surface area contributed by atoms with Crippen molar-refractivity contribution in [1.29, 1.82) is 0 Å². The van der Waals surface area contributed by atoms with Crippen LogP contribution in [0.1, 0.15) is 55.4 Å². The Labute approximate surface area is 266 Å². The van der Waals surface area contributed by atoms with Crippen molar-refractivity contribution in [1.82, 2.24) is 0 Å². The minimum atomic E-state index is -10.5. The van der Waals surface area contributed by atoms with Crippen LogP contribution in [0.25, 0.3) is 0 Å². The Kier molecular flexibility index (Phi) is 14.3. The monoisotopic (exact) mass is 958 g/mol. The standard InChI is InChI=1S/4C4H4F5.2C4H9.O.2Sn/c4*1-2(5)4(8,9)3(6)7;2*1-4(2)3;;;/h4*2H,1H3;2*4H,1H2,2-3H3;;;. The zero-order valence-electron chi connectivity index (χ0n) is 25.8. The molecule has 0 fully saturated rings. The van der Waals surface area contributed by atoms with E-state index in [9.17, 15) is 52.7 Å². The summed E-state index contributed by atoms with van der Waals surface area (Å²) in [5.41, 5.74) is 0. The van der Waals surface area contributed by atoms with E-state index in [1.54, 1.807) is 0 Å². The molecule has 0 rings (SSSR count). The number of alkyl halides is 20. The van der Waals surface area contributed by atoms with Crippen LogP contribution in [0.15, 0.2) is 0 Å². The molecule has 0 spiro atoms. The van der Waals surface area contributed by atoms with Crippen LogP contribution in [-0.4, -0.2) is 102 Å². The molecule has 0 aromatic carbocycles. The Morgan fingerprint density at radius 3 is 0.617 bits per heavy atom. The van der Waals surface area contributed by atoms with E-state index in [1.165, 1.54) is 0 Å². The second kappa shape index (κ2) is 14.3. The Bertz CT molecular complexity index is 898. The summed E-state index contributed by atoms with van der Waals surface area (Å²) in [6.45, 7) is -0.606. The molecule has 4 unspecified atom stereocenters. The second-order valence-corrected chi connectivity index (χ2v) is 35.6. The maximum absolute atomic E-state index is 16.0. The molecule has 0 aliphatic carbocycles. The van der Waals surface area contributed by atoms with Gasteiger partial charge in [0.15, 0.2) is 0 Å². The molecular weight excluding hydrogens is 922 g/mol. The van der Waals surface area contributed by atoms with Crippen molar-refractivity contribution in [2.45, 2.75) is 128 Å². The Balaban J connectivity index is 9.41. The first-order valence-corrected chi connectivity index (χ1v) is 25.7. The number of hydrogen-bond acceptors (Lipinski definition) is 1. The van der Waals surface area contributed by atoms with Crippen molar-refractivity contribution in [2.24, 2.45) is 11.8 Å². The van der Waals surface area contributed by atoms with Gasteiger partial charge in [-0.15, -0.1) is 0 Å². The Morgan fingerprint density at radius 1 is 0.362 bits per heavy atom. The van der Waals surface area contributed by atoms with E-state index in [0.29, 0.717) is 27.7 Å². The van der Waals surface area contributed by atoms with Crippen LogP contribution in [0.4, 0.5) is 87.8 Å². The first-order chi connectivity index (χ1) is 20.3. The second-order valence-electron chi connectivity index (χ2n) is 12.2. The summed E-state index contributed by atoms with van der Waals surface area (Å²) in [4.78, 5) is 0. The quantitative estimate of drug-likeness (QED) is 0.0983. The molecule has 0 aromatic rings. The Hall–Kier alpha value is 0.157. The van der Waals surface area contributed by atoms with Gasteiger partial charge >= 0.3 is 267 Å². The van der Waals surface area contributed by atoms with Crippen molar-refractivity contribution in [2.75, 3.05) is 0 Å². The Morgan fingerprint density at radius 2 is 0.511 bits per heavy atom. The van der Waals surface area contributed by atoms with Crippen LogP contribution in [0, 0.1) is 11.8 Å². The van der Waals surface area contributed by atoms with Crippen molar-refractivity contribution in [3.8, 4) is 0 Å². The predicted molar refractivity (Wildman–Crippen MR) is 134 cm³/mol. The van der Waals surface area contributed by atoms with E-state index in [1.807, 2.05) is 0 Å². The molecule has 0 saturated carbocycles. The van der Waals surface area contributed by atoms with Gasteiger partial charge in [-0.2, -0.15) is 0 Å². The molecule has 0 radical (unpaired) electrons. The molecule has 23 heteroatoms. The van der Waals surface area contributed by atoms with Gasteiger partial charge in [0, 0.05) is 0 Å². The van der Waals surface area contributed by atoms with Crippen molar-refractivity contribution in [3.63, 3.8) is 0 Å². The van der Waals surface area contributed by atoms with E-state index < -0.39 is 150 Å². The molecule has 0 N–H and O–H groups in total. The summed E-state index contributed by atoms with van der Waals surface area (Å²) in [5, 5.41) is 0. The van der Waals surface area contributed by atoms with Crippen LogP contribution in [0.3, 0.4) is 0 Å². The zero-order valence-corrected chi connectivity index (χ0v) is 31.6. The molecule has 0 aliphatic rings. The van der Waals surface area contributed by atoms with E-state index >= 15 is 35.1 Å². The van der Waals surface area contributed by atoms with Crippen LogP contribution in [0.2, 0.25) is 8.87 Å². The van der Waals surface area contributed by atoms with E-state index in [2.05, 4.69) is 1.41 Å². The number of halogens is 20. The molecule has 1 nitrogen and oxygen atoms in total. The van der Waals surface area contributed by atoms with Crippen molar-refractivity contribution < 1.29 is 89.2 Å². The average molecular weight is 956 g/mol. The summed E-state index contributed by atoms with van der Waals surface area (Å²) in [5.74, 6) is -31.8. The van der Waals surface area contributed by atoms with Gasteiger partial charge in [0.1, 0.15) is 0 Å². The third-order valence-electron chi connectivity index (χ3n) is 7.44. The fraction of sp³-hybridized carbons (Fsp3) is 1.00. The number of hydrogen-bond donors (Lipinski definition) is 0. The number of rotatable bonds is 18. The molecule has 0 aromatic heterocycles. The molecule has 0 amide bonds. The van der Waals surface area contributed by atoms with Crippen molar-refractivity contribution >= 4 is 37.6 Å². The summed E-state index contributed by atoms with van der Waals surface area (Å²) >= 11 is -21.0. The zero-order chi connectivity index (χ0) is 38.6. The van der Waals surface area contributed by atoms with Gasteiger partial charge in [0.05, 0.1) is 0 Å². The van der Waals surface area contributed by atoms with Crippen LogP contribution >= 0.6 is 0 Å². The summed E-state index contributed by atoms with van der Waals surface area (Å²) in [6, 6.07) is 0. The van der Waals surface area contributed by atoms with Gasteiger partial charge in [0.25, 0.3) is 0 Å². The molecular formula is C24H34F20OSn2. The molecule has 0 saturated heterocycles. The van der Waals surface area contributed by atoms with E-state index in [-0.39, 0.29) is 0 Å². The van der Waals surface area contributed by atoms with Crippen LogP contribution in [0.5, 0.6) is 0 Å². The molecule has 47 heavy (non-hydrogen) atoms. The maximum atomic E-state index is 16.0.